The number of ether oxygens (including phenoxy) is 2. The minimum atomic E-state index is -0.431. The number of carbonyl (C=O) groups excluding carboxylic acids is 1. The number of rotatable bonds is 7. The Labute approximate surface area is 157 Å². The van der Waals surface area contributed by atoms with E-state index >= 15 is 0 Å². The predicted octanol–water partition coefficient (Wildman–Crippen LogP) is 5.98. The Kier molecular flexibility index (Phi) is 6.84. The maximum atomic E-state index is 12.1. The zero-order valence-electron chi connectivity index (χ0n) is 16.5. The van der Waals surface area contributed by atoms with E-state index in [-0.39, 0.29) is 5.97 Å². The molecule has 3 heteroatoms. The molecule has 0 bridgehead atoms. The summed E-state index contributed by atoms with van der Waals surface area (Å²) in [6.45, 7) is 7.86. The van der Waals surface area contributed by atoms with Gasteiger partial charge in [0.25, 0.3) is 0 Å². The Morgan fingerprint density at radius 1 is 1.08 bits per heavy atom. The monoisotopic (exact) mass is 354 g/mol. The summed E-state index contributed by atoms with van der Waals surface area (Å²) in [5.74, 6) is 1.05. The van der Waals surface area contributed by atoms with Crippen LogP contribution in [0, 0.1) is 0 Å². The van der Waals surface area contributed by atoms with Crippen LogP contribution in [0.3, 0.4) is 0 Å². The zero-order chi connectivity index (χ0) is 19.2. The molecule has 0 heterocycles. The van der Waals surface area contributed by atoms with Crippen LogP contribution in [0.4, 0.5) is 0 Å². The molecule has 2 aromatic rings. The average molecular weight is 354 g/mol. The van der Waals surface area contributed by atoms with E-state index in [1.807, 2.05) is 45.0 Å². The highest BCUT2D eigenvalue weighted by molar-refractivity contribution is 5.72. The number of esters is 1. The fourth-order valence-electron chi connectivity index (χ4n) is 3.11. The van der Waals surface area contributed by atoms with Crippen molar-refractivity contribution >= 4 is 5.97 Å². The van der Waals surface area contributed by atoms with Gasteiger partial charge in [0.15, 0.2) is 0 Å². The van der Waals surface area contributed by atoms with Crippen LogP contribution in [0.2, 0.25) is 0 Å². The molecule has 140 valence electrons. The van der Waals surface area contributed by atoms with Crippen LogP contribution < -0.4 is 4.74 Å². The highest BCUT2D eigenvalue weighted by Gasteiger charge is 2.19. The van der Waals surface area contributed by atoms with Crippen LogP contribution in [0.1, 0.15) is 58.4 Å². The number of benzene rings is 2. The number of methoxy groups -OCH3 is 1. The van der Waals surface area contributed by atoms with Gasteiger partial charge in [-0.05, 0) is 62.8 Å². The van der Waals surface area contributed by atoms with Crippen molar-refractivity contribution in [3.8, 4) is 16.9 Å². The van der Waals surface area contributed by atoms with Crippen LogP contribution in [0.5, 0.6) is 5.75 Å². The van der Waals surface area contributed by atoms with Gasteiger partial charge in [-0.3, -0.25) is 4.79 Å². The van der Waals surface area contributed by atoms with Crippen LogP contribution in [0.25, 0.3) is 11.1 Å². The van der Waals surface area contributed by atoms with Gasteiger partial charge in [-0.15, -0.1) is 0 Å². The van der Waals surface area contributed by atoms with Crippen molar-refractivity contribution in [1.29, 1.82) is 0 Å². The van der Waals surface area contributed by atoms with Gasteiger partial charge in [-0.25, -0.2) is 0 Å². The third kappa shape index (κ3) is 5.62. The Morgan fingerprint density at radius 3 is 2.35 bits per heavy atom. The summed E-state index contributed by atoms with van der Waals surface area (Å²) in [7, 11) is 1.70. The van der Waals surface area contributed by atoms with Crippen LogP contribution in [-0.4, -0.2) is 18.7 Å². The molecule has 0 spiro atoms. The van der Waals surface area contributed by atoms with Crippen molar-refractivity contribution in [3.63, 3.8) is 0 Å². The number of hydrogen-bond acceptors (Lipinski definition) is 3. The first kappa shape index (κ1) is 20.0. The summed E-state index contributed by atoms with van der Waals surface area (Å²) >= 11 is 0. The zero-order valence-corrected chi connectivity index (χ0v) is 16.5. The molecule has 1 atom stereocenters. The van der Waals surface area contributed by atoms with Crippen molar-refractivity contribution in [1.82, 2.24) is 0 Å². The molecule has 0 fully saturated rings. The third-order valence-electron chi connectivity index (χ3n) is 4.39. The predicted molar refractivity (Wildman–Crippen MR) is 107 cm³/mol. The summed E-state index contributed by atoms with van der Waals surface area (Å²) < 4.78 is 11.0. The first-order valence-electron chi connectivity index (χ1n) is 9.29. The van der Waals surface area contributed by atoms with Crippen molar-refractivity contribution < 1.29 is 14.3 Å². The second-order valence-corrected chi connectivity index (χ2v) is 7.56. The molecule has 0 aromatic heterocycles. The van der Waals surface area contributed by atoms with Crippen molar-refractivity contribution in [3.05, 3.63) is 54.1 Å². The van der Waals surface area contributed by atoms with E-state index in [0.29, 0.717) is 12.3 Å². The number of hydrogen-bond donors (Lipinski definition) is 0. The summed E-state index contributed by atoms with van der Waals surface area (Å²) in [6, 6.07) is 16.6. The van der Waals surface area contributed by atoms with Crippen LogP contribution >= 0.6 is 0 Å². The Morgan fingerprint density at radius 2 is 1.77 bits per heavy atom. The molecule has 0 N–H and O–H groups in total. The summed E-state index contributed by atoms with van der Waals surface area (Å²) in [5.41, 5.74) is 3.02. The normalized spacial score (nSPS) is 12.5. The minimum Gasteiger partial charge on any atom is -0.496 e. The van der Waals surface area contributed by atoms with Gasteiger partial charge in [0.2, 0.25) is 0 Å². The summed E-state index contributed by atoms with van der Waals surface area (Å²) in [6.07, 6.45) is 2.19. The van der Waals surface area contributed by atoms with Crippen LogP contribution in [0.15, 0.2) is 48.5 Å². The van der Waals surface area contributed by atoms with Gasteiger partial charge in [-0.1, -0.05) is 43.3 Å². The van der Waals surface area contributed by atoms with Gasteiger partial charge in [0.05, 0.1) is 7.11 Å². The second kappa shape index (κ2) is 8.88. The molecule has 0 aliphatic rings. The van der Waals surface area contributed by atoms with Crippen molar-refractivity contribution in [2.24, 2.45) is 0 Å². The van der Waals surface area contributed by atoms with E-state index in [1.54, 1.807) is 7.11 Å². The largest absolute Gasteiger partial charge is 0.496 e. The maximum Gasteiger partial charge on any atom is 0.306 e. The lowest BCUT2D eigenvalue weighted by atomic mass is 9.89. The average Bonchev–Trinajstić information content (AvgIpc) is 2.61. The first-order valence-corrected chi connectivity index (χ1v) is 9.29. The van der Waals surface area contributed by atoms with Crippen LogP contribution in [-0.2, 0) is 9.53 Å². The van der Waals surface area contributed by atoms with Crippen molar-refractivity contribution in [2.75, 3.05) is 7.11 Å². The summed E-state index contributed by atoms with van der Waals surface area (Å²) in [5, 5.41) is 0. The van der Waals surface area contributed by atoms with Gasteiger partial charge in [-0.2, -0.15) is 0 Å². The molecular formula is C23H30O3. The lowest BCUT2D eigenvalue weighted by Crippen LogP contribution is -2.24. The first-order chi connectivity index (χ1) is 12.3. The van der Waals surface area contributed by atoms with E-state index < -0.39 is 5.60 Å². The standard InChI is InChI=1S/C23H30O3/c1-6-17(13-15-22(24)26-23(2,3)4)19-12-14-21(25-5)20(16-19)18-10-8-7-9-11-18/h7-12,14,16-17H,6,13,15H2,1-5H3. The molecule has 2 rings (SSSR count). The van der Waals surface area contributed by atoms with Gasteiger partial charge in [0.1, 0.15) is 11.4 Å². The lowest BCUT2D eigenvalue weighted by Gasteiger charge is -2.21. The molecule has 3 nitrogen and oxygen atoms in total. The van der Waals surface area contributed by atoms with E-state index in [2.05, 4.69) is 31.2 Å². The Bertz CT molecular complexity index is 714. The topological polar surface area (TPSA) is 35.5 Å². The molecule has 26 heavy (non-hydrogen) atoms. The van der Waals surface area contributed by atoms with Gasteiger partial charge < -0.3 is 9.47 Å². The Hall–Kier alpha value is -2.29. The molecule has 0 aliphatic carbocycles. The summed E-state index contributed by atoms with van der Waals surface area (Å²) in [4.78, 5) is 12.1. The fourth-order valence-corrected chi connectivity index (χ4v) is 3.11. The minimum absolute atomic E-state index is 0.132. The van der Waals surface area contributed by atoms with Crippen molar-refractivity contribution in [2.45, 2.75) is 58.5 Å². The van der Waals surface area contributed by atoms with E-state index in [4.69, 9.17) is 9.47 Å². The fraction of sp³-hybridized carbons (Fsp3) is 0.435. The molecule has 0 radical (unpaired) electrons. The SMILES string of the molecule is CCC(CCC(=O)OC(C)(C)C)c1ccc(OC)c(-c2ccccc2)c1. The molecule has 0 amide bonds. The van der Waals surface area contributed by atoms with E-state index in [9.17, 15) is 4.79 Å². The van der Waals surface area contributed by atoms with Gasteiger partial charge >= 0.3 is 5.97 Å². The second-order valence-electron chi connectivity index (χ2n) is 7.56. The Balaban J connectivity index is 2.19. The molecule has 0 saturated carbocycles. The third-order valence-corrected chi connectivity index (χ3v) is 4.39. The van der Waals surface area contributed by atoms with E-state index in [0.717, 1.165) is 29.7 Å². The van der Waals surface area contributed by atoms with Gasteiger partial charge in [0, 0.05) is 12.0 Å². The van der Waals surface area contributed by atoms with E-state index in [1.165, 1.54) is 5.56 Å². The molecule has 2 aromatic carbocycles. The quantitative estimate of drug-likeness (QED) is 0.574. The molecule has 1 unspecified atom stereocenters. The molecule has 0 saturated heterocycles. The molecular weight excluding hydrogens is 324 g/mol. The highest BCUT2D eigenvalue weighted by atomic mass is 16.6. The maximum absolute atomic E-state index is 12.1. The molecule has 0 aliphatic heterocycles. The number of carbonyl (C=O) groups is 1. The lowest BCUT2D eigenvalue weighted by molar-refractivity contribution is -0.155. The highest BCUT2D eigenvalue weighted by Crippen LogP contribution is 2.35. The smallest absolute Gasteiger partial charge is 0.306 e.